The van der Waals surface area contributed by atoms with E-state index in [4.69, 9.17) is 15.9 Å². The molecule has 0 saturated heterocycles. The molecule has 1 aromatic carbocycles. The maximum absolute atomic E-state index is 10.1. The summed E-state index contributed by atoms with van der Waals surface area (Å²) in [5, 5.41) is 10.1. The molecule has 3 heteroatoms. The Hall–Kier alpha value is -1.66. The van der Waals surface area contributed by atoms with E-state index in [0.717, 1.165) is 49.2 Å². The van der Waals surface area contributed by atoms with Crippen molar-refractivity contribution in [2.75, 3.05) is 7.11 Å². The third-order valence-electron chi connectivity index (χ3n) is 5.31. The van der Waals surface area contributed by atoms with Gasteiger partial charge in [-0.2, -0.15) is 0 Å². The van der Waals surface area contributed by atoms with Crippen molar-refractivity contribution in [3.8, 4) is 23.8 Å². The lowest BCUT2D eigenvalue weighted by molar-refractivity contribution is 0.103. The molecule has 0 bridgehead atoms. The van der Waals surface area contributed by atoms with Gasteiger partial charge in [0.05, 0.1) is 24.7 Å². The van der Waals surface area contributed by atoms with Gasteiger partial charge in [0.1, 0.15) is 0 Å². The molecule has 0 heterocycles. The molecule has 3 nitrogen and oxygen atoms in total. The molecule has 1 N–H and O–H groups in total. The summed E-state index contributed by atoms with van der Waals surface area (Å²) in [4.78, 5) is 0. The van der Waals surface area contributed by atoms with Gasteiger partial charge >= 0.3 is 0 Å². The van der Waals surface area contributed by atoms with Crippen LogP contribution in [0.2, 0.25) is 0 Å². The number of aliphatic hydroxyl groups excluding tert-OH is 1. The zero-order valence-corrected chi connectivity index (χ0v) is 13.9. The molecule has 1 aromatic rings. The average molecular weight is 314 g/mol. The maximum atomic E-state index is 10.1. The Balaban J connectivity index is 1.91. The van der Waals surface area contributed by atoms with Crippen molar-refractivity contribution in [3.05, 3.63) is 23.8 Å². The zero-order chi connectivity index (χ0) is 16.3. The topological polar surface area (TPSA) is 38.7 Å². The van der Waals surface area contributed by atoms with Crippen LogP contribution in [0, 0.1) is 12.3 Å². The summed E-state index contributed by atoms with van der Waals surface area (Å²) < 4.78 is 11.6. The number of hydrogen-bond donors (Lipinski definition) is 1. The molecule has 23 heavy (non-hydrogen) atoms. The standard InChI is InChI=1S/C20H26O3/c1-3-20(12-6-7-16(21)14-20)15-10-11-18(22-2)19(13-15)23-17-8-4-5-9-17/h1,10-11,13,16-17,21H,4-9,12,14H2,2H3/t16-,20-/m1/s1. The van der Waals surface area contributed by atoms with E-state index in [2.05, 4.69) is 5.92 Å². The highest BCUT2D eigenvalue weighted by Gasteiger charge is 2.36. The van der Waals surface area contributed by atoms with Crippen LogP contribution in [0.15, 0.2) is 18.2 Å². The zero-order valence-electron chi connectivity index (χ0n) is 13.9. The van der Waals surface area contributed by atoms with Gasteiger partial charge in [-0.15, -0.1) is 6.42 Å². The molecule has 2 aliphatic rings. The second-order valence-electron chi connectivity index (χ2n) is 6.87. The molecule has 0 amide bonds. The number of ether oxygens (including phenoxy) is 2. The van der Waals surface area contributed by atoms with Gasteiger partial charge in [-0.3, -0.25) is 0 Å². The Bertz CT molecular complexity index is 583. The van der Waals surface area contributed by atoms with Crippen molar-refractivity contribution in [2.24, 2.45) is 0 Å². The SMILES string of the molecule is C#C[C@@]1(c2ccc(OC)c(OC3CCCC3)c2)CCC[C@@H](O)C1. The highest BCUT2D eigenvalue weighted by molar-refractivity contribution is 5.48. The maximum Gasteiger partial charge on any atom is 0.161 e. The third-order valence-corrected chi connectivity index (χ3v) is 5.31. The first-order valence-electron chi connectivity index (χ1n) is 8.68. The second kappa shape index (κ2) is 6.84. The summed E-state index contributed by atoms with van der Waals surface area (Å²) in [6.07, 6.45) is 13.8. The lowest BCUT2D eigenvalue weighted by Crippen LogP contribution is -2.34. The van der Waals surface area contributed by atoms with Gasteiger partial charge in [0.15, 0.2) is 11.5 Å². The van der Waals surface area contributed by atoms with Crippen LogP contribution in [0.4, 0.5) is 0 Å². The van der Waals surface area contributed by atoms with Crippen molar-refractivity contribution in [1.82, 2.24) is 0 Å². The van der Waals surface area contributed by atoms with E-state index in [0.29, 0.717) is 6.42 Å². The van der Waals surface area contributed by atoms with E-state index in [1.54, 1.807) is 7.11 Å². The Labute approximate surface area is 139 Å². The van der Waals surface area contributed by atoms with Crippen LogP contribution in [0.3, 0.4) is 0 Å². The third kappa shape index (κ3) is 3.33. The monoisotopic (exact) mass is 314 g/mol. The largest absolute Gasteiger partial charge is 0.493 e. The summed E-state index contributed by atoms with van der Waals surface area (Å²) in [5.74, 6) is 4.50. The van der Waals surface area contributed by atoms with Gasteiger partial charge < -0.3 is 14.6 Å². The van der Waals surface area contributed by atoms with Crippen LogP contribution < -0.4 is 9.47 Å². The van der Waals surface area contributed by atoms with Crippen molar-refractivity contribution in [2.45, 2.75) is 69.0 Å². The van der Waals surface area contributed by atoms with E-state index in [1.165, 1.54) is 12.8 Å². The molecule has 3 rings (SSSR count). The Morgan fingerprint density at radius 2 is 1.96 bits per heavy atom. The summed E-state index contributed by atoms with van der Waals surface area (Å²) in [7, 11) is 1.66. The molecule has 2 fully saturated rings. The first-order chi connectivity index (χ1) is 11.2. The van der Waals surface area contributed by atoms with Gasteiger partial charge in [0, 0.05) is 0 Å². The van der Waals surface area contributed by atoms with Crippen LogP contribution in [0.1, 0.15) is 56.9 Å². The molecular formula is C20H26O3. The Morgan fingerprint density at radius 3 is 2.61 bits per heavy atom. The molecule has 2 aliphatic carbocycles. The smallest absolute Gasteiger partial charge is 0.161 e. The van der Waals surface area contributed by atoms with E-state index >= 15 is 0 Å². The fourth-order valence-corrected chi connectivity index (χ4v) is 3.97. The van der Waals surface area contributed by atoms with Crippen LogP contribution in [0.5, 0.6) is 11.5 Å². The van der Waals surface area contributed by atoms with Crippen LogP contribution in [-0.4, -0.2) is 24.4 Å². The minimum atomic E-state index is -0.391. The van der Waals surface area contributed by atoms with Gasteiger partial charge in [0.25, 0.3) is 0 Å². The van der Waals surface area contributed by atoms with Gasteiger partial charge in [0.2, 0.25) is 0 Å². The highest BCUT2D eigenvalue weighted by atomic mass is 16.5. The fourth-order valence-electron chi connectivity index (χ4n) is 3.97. The van der Waals surface area contributed by atoms with Crippen molar-refractivity contribution < 1.29 is 14.6 Å². The molecule has 2 saturated carbocycles. The van der Waals surface area contributed by atoms with Gasteiger partial charge in [-0.05, 0) is 69.1 Å². The van der Waals surface area contributed by atoms with Crippen LogP contribution >= 0.6 is 0 Å². The van der Waals surface area contributed by atoms with Crippen molar-refractivity contribution in [1.29, 1.82) is 0 Å². The first-order valence-corrected chi connectivity index (χ1v) is 8.68. The Morgan fingerprint density at radius 1 is 1.17 bits per heavy atom. The first kappa shape index (κ1) is 16.2. The number of rotatable bonds is 4. The molecule has 0 unspecified atom stereocenters. The molecule has 0 spiro atoms. The molecule has 0 aromatic heterocycles. The highest BCUT2D eigenvalue weighted by Crippen LogP contribution is 2.42. The Kier molecular flexibility index (Phi) is 4.82. The molecule has 0 aliphatic heterocycles. The normalized spacial score (nSPS) is 28.3. The van der Waals surface area contributed by atoms with Crippen LogP contribution in [-0.2, 0) is 5.41 Å². The number of methoxy groups -OCH3 is 1. The molecule has 0 radical (unpaired) electrons. The number of aliphatic hydroxyl groups is 1. The number of hydrogen-bond acceptors (Lipinski definition) is 3. The van der Waals surface area contributed by atoms with Crippen LogP contribution in [0.25, 0.3) is 0 Å². The molecule has 124 valence electrons. The second-order valence-corrected chi connectivity index (χ2v) is 6.87. The van der Waals surface area contributed by atoms with E-state index in [9.17, 15) is 5.11 Å². The molecular weight excluding hydrogens is 288 g/mol. The van der Waals surface area contributed by atoms with E-state index < -0.39 is 5.41 Å². The van der Waals surface area contributed by atoms with E-state index in [-0.39, 0.29) is 12.2 Å². The quantitative estimate of drug-likeness (QED) is 0.859. The fraction of sp³-hybridized carbons (Fsp3) is 0.600. The predicted octanol–water partition coefficient (Wildman–Crippen LogP) is 3.82. The lowest BCUT2D eigenvalue weighted by Gasteiger charge is -2.36. The summed E-state index contributed by atoms with van der Waals surface area (Å²) in [6, 6.07) is 6.01. The number of benzene rings is 1. The van der Waals surface area contributed by atoms with E-state index in [1.807, 2.05) is 18.2 Å². The van der Waals surface area contributed by atoms with Crippen molar-refractivity contribution in [3.63, 3.8) is 0 Å². The minimum Gasteiger partial charge on any atom is -0.493 e. The van der Waals surface area contributed by atoms with Gasteiger partial charge in [-0.1, -0.05) is 12.0 Å². The summed E-state index contributed by atoms with van der Waals surface area (Å²) in [5.41, 5.74) is 0.671. The summed E-state index contributed by atoms with van der Waals surface area (Å²) >= 11 is 0. The lowest BCUT2D eigenvalue weighted by atomic mass is 9.69. The molecule has 2 atom stereocenters. The van der Waals surface area contributed by atoms with Crippen molar-refractivity contribution >= 4 is 0 Å². The minimum absolute atomic E-state index is 0.276. The average Bonchev–Trinajstić information content (AvgIpc) is 3.07. The summed E-state index contributed by atoms with van der Waals surface area (Å²) in [6.45, 7) is 0. The van der Waals surface area contributed by atoms with Gasteiger partial charge in [-0.25, -0.2) is 0 Å². The predicted molar refractivity (Wildman–Crippen MR) is 90.9 cm³/mol. The number of terminal acetylenes is 1.